The number of amides is 1. The van der Waals surface area contributed by atoms with E-state index in [0.717, 1.165) is 11.1 Å². The van der Waals surface area contributed by atoms with Crippen molar-refractivity contribution in [3.05, 3.63) is 23.3 Å². The number of benzene rings is 1. The lowest BCUT2D eigenvalue weighted by Crippen LogP contribution is -2.31. The van der Waals surface area contributed by atoms with Crippen molar-refractivity contribution in [1.29, 1.82) is 0 Å². The fourth-order valence-electron chi connectivity index (χ4n) is 1.79. The molecule has 0 bridgehead atoms. The molecular weight excluding hydrogens is 246 g/mol. The minimum atomic E-state index is -0.505. The highest BCUT2D eigenvalue weighted by molar-refractivity contribution is 6.34. The molecule has 0 saturated heterocycles. The van der Waals surface area contributed by atoms with Crippen LogP contribution in [-0.2, 0) is 16.1 Å². The van der Waals surface area contributed by atoms with Gasteiger partial charge in [-0.25, -0.2) is 0 Å². The van der Waals surface area contributed by atoms with E-state index in [0.29, 0.717) is 18.0 Å². The second-order valence-corrected chi connectivity index (χ2v) is 4.35. The number of aryl methyl sites for hydroxylation is 1. The molecule has 0 N–H and O–H groups in total. The predicted molar refractivity (Wildman–Crippen MR) is 71.4 cm³/mol. The third-order valence-electron chi connectivity index (χ3n) is 2.90. The van der Waals surface area contributed by atoms with Gasteiger partial charge in [0.15, 0.2) is 11.5 Å². The second kappa shape index (κ2) is 6.22. The Kier molecular flexibility index (Phi) is 4.92. The van der Waals surface area contributed by atoms with Crippen molar-refractivity contribution in [2.24, 2.45) is 0 Å². The van der Waals surface area contributed by atoms with Gasteiger partial charge in [-0.2, -0.15) is 0 Å². The number of carbonyl (C=O) groups is 2. The normalized spacial score (nSPS) is 9.95. The summed E-state index contributed by atoms with van der Waals surface area (Å²) in [6, 6.07) is 3.67. The summed E-state index contributed by atoms with van der Waals surface area (Å²) < 4.78 is 10.4. The van der Waals surface area contributed by atoms with Gasteiger partial charge in [0.25, 0.3) is 5.91 Å². The van der Waals surface area contributed by atoms with Crippen LogP contribution in [0.25, 0.3) is 0 Å². The molecular formula is C14H19NO4. The summed E-state index contributed by atoms with van der Waals surface area (Å²) in [7, 11) is 4.73. The van der Waals surface area contributed by atoms with Crippen molar-refractivity contribution in [1.82, 2.24) is 4.90 Å². The molecule has 1 aromatic carbocycles. The zero-order valence-electron chi connectivity index (χ0n) is 11.9. The maximum Gasteiger partial charge on any atom is 0.289 e. The summed E-state index contributed by atoms with van der Waals surface area (Å²) in [6.07, 6.45) is 0. The lowest BCUT2D eigenvalue weighted by molar-refractivity contribution is -0.143. The van der Waals surface area contributed by atoms with Crippen molar-refractivity contribution >= 4 is 11.7 Å². The molecule has 0 aliphatic carbocycles. The van der Waals surface area contributed by atoms with E-state index in [1.807, 2.05) is 19.1 Å². The molecule has 0 heterocycles. The van der Waals surface area contributed by atoms with E-state index in [2.05, 4.69) is 0 Å². The highest BCUT2D eigenvalue weighted by Crippen LogP contribution is 2.30. The number of ketones is 1. The number of hydrogen-bond acceptors (Lipinski definition) is 4. The van der Waals surface area contributed by atoms with E-state index in [1.54, 1.807) is 21.3 Å². The van der Waals surface area contributed by atoms with Crippen LogP contribution in [0.2, 0.25) is 0 Å². The summed E-state index contributed by atoms with van der Waals surface area (Å²) in [5.41, 5.74) is 1.88. The zero-order valence-corrected chi connectivity index (χ0v) is 11.9. The van der Waals surface area contributed by atoms with Crippen molar-refractivity contribution in [2.45, 2.75) is 20.4 Å². The molecule has 104 valence electrons. The molecule has 0 aliphatic heterocycles. The number of nitrogens with zero attached hydrogens (tertiary/aromatic N) is 1. The lowest BCUT2D eigenvalue weighted by Gasteiger charge is -2.18. The van der Waals surface area contributed by atoms with Crippen molar-refractivity contribution in [2.75, 3.05) is 21.3 Å². The Morgan fingerprint density at radius 1 is 1.16 bits per heavy atom. The van der Waals surface area contributed by atoms with Gasteiger partial charge in [0.2, 0.25) is 5.78 Å². The van der Waals surface area contributed by atoms with Crippen molar-refractivity contribution in [3.8, 4) is 11.5 Å². The molecule has 19 heavy (non-hydrogen) atoms. The first-order chi connectivity index (χ1) is 8.90. The van der Waals surface area contributed by atoms with Crippen molar-refractivity contribution < 1.29 is 19.1 Å². The van der Waals surface area contributed by atoms with E-state index in [4.69, 9.17) is 9.47 Å². The highest BCUT2D eigenvalue weighted by atomic mass is 16.5. The first-order valence-electron chi connectivity index (χ1n) is 5.88. The molecule has 0 saturated carbocycles. The molecule has 1 amide bonds. The van der Waals surface area contributed by atoms with Gasteiger partial charge in [-0.05, 0) is 30.2 Å². The highest BCUT2D eigenvalue weighted by Gasteiger charge is 2.16. The van der Waals surface area contributed by atoms with Crippen LogP contribution in [0.1, 0.15) is 18.1 Å². The van der Waals surface area contributed by atoms with Gasteiger partial charge in [0.05, 0.1) is 14.2 Å². The van der Waals surface area contributed by atoms with Crippen LogP contribution in [0.3, 0.4) is 0 Å². The Morgan fingerprint density at radius 2 is 1.68 bits per heavy atom. The molecule has 0 aliphatic rings. The van der Waals surface area contributed by atoms with Crippen LogP contribution in [-0.4, -0.2) is 37.9 Å². The van der Waals surface area contributed by atoms with Crippen LogP contribution in [0.5, 0.6) is 11.5 Å². The Morgan fingerprint density at radius 3 is 2.16 bits per heavy atom. The fourth-order valence-corrected chi connectivity index (χ4v) is 1.79. The van der Waals surface area contributed by atoms with Gasteiger partial charge in [-0.3, -0.25) is 9.59 Å². The van der Waals surface area contributed by atoms with E-state index in [9.17, 15) is 9.59 Å². The maximum atomic E-state index is 11.6. The lowest BCUT2D eigenvalue weighted by atomic mass is 10.1. The summed E-state index contributed by atoms with van der Waals surface area (Å²) in [6.45, 7) is 3.54. The maximum absolute atomic E-state index is 11.6. The monoisotopic (exact) mass is 265 g/mol. The molecule has 1 rings (SSSR count). The van der Waals surface area contributed by atoms with Gasteiger partial charge in [-0.1, -0.05) is 0 Å². The number of ether oxygens (including phenoxy) is 2. The Balaban J connectivity index is 3.01. The molecule has 0 atom stereocenters. The topological polar surface area (TPSA) is 55.8 Å². The van der Waals surface area contributed by atoms with E-state index in [1.165, 1.54) is 11.8 Å². The number of rotatable bonds is 5. The zero-order chi connectivity index (χ0) is 14.6. The van der Waals surface area contributed by atoms with Crippen LogP contribution in [0.15, 0.2) is 12.1 Å². The SMILES string of the molecule is COc1cc(C)c(CN(C)C(=O)C(C)=O)cc1OC. The Hall–Kier alpha value is -2.04. The molecule has 5 nitrogen and oxygen atoms in total. The summed E-state index contributed by atoms with van der Waals surface area (Å²) in [4.78, 5) is 24.0. The molecule has 0 spiro atoms. The van der Waals surface area contributed by atoms with Crippen LogP contribution in [0.4, 0.5) is 0 Å². The van der Waals surface area contributed by atoms with Crippen LogP contribution in [0, 0.1) is 6.92 Å². The largest absolute Gasteiger partial charge is 0.493 e. The minimum Gasteiger partial charge on any atom is -0.493 e. The average Bonchev–Trinajstić information content (AvgIpc) is 2.39. The molecule has 0 fully saturated rings. The number of carbonyl (C=O) groups excluding carboxylic acids is 2. The summed E-state index contributed by atoms with van der Waals surface area (Å²) in [5, 5.41) is 0. The van der Waals surface area contributed by atoms with Gasteiger partial charge in [0.1, 0.15) is 0 Å². The van der Waals surface area contributed by atoms with Crippen LogP contribution < -0.4 is 9.47 Å². The minimum absolute atomic E-state index is 0.352. The molecule has 5 heteroatoms. The van der Waals surface area contributed by atoms with E-state index in [-0.39, 0.29) is 0 Å². The predicted octanol–water partition coefficient (Wildman–Crippen LogP) is 1.56. The summed E-state index contributed by atoms with van der Waals surface area (Å²) >= 11 is 0. The first kappa shape index (κ1) is 15.0. The second-order valence-electron chi connectivity index (χ2n) is 4.35. The van der Waals surface area contributed by atoms with Crippen molar-refractivity contribution in [3.63, 3.8) is 0 Å². The first-order valence-corrected chi connectivity index (χ1v) is 5.88. The molecule has 0 unspecified atom stereocenters. The number of likely N-dealkylation sites (N-methyl/N-ethyl adjacent to an activating group) is 1. The van der Waals surface area contributed by atoms with Gasteiger partial charge >= 0.3 is 0 Å². The summed E-state index contributed by atoms with van der Waals surface area (Å²) in [5.74, 6) is 0.269. The number of hydrogen-bond donors (Lipinski definition) is 0. The fraction of sp³-hybridized carbons (Fsp3) is 0.429. The third kappa shape index (κ3) is 3.47. The standard InChI is InChI=1S/C14H19NO4/c1-9-6-12(18-4)13(19-5)7-11(9)8-15(3)14(17)10(2)16/h6-7H,8H2,1-5H3. The molecule has 1 aromatic rings. The van der Waals surface area contributed by atoms with Gasteiger partial charge in [0, 0.05) is 20.5 Å². The van der Waals surface area contributed by atoms with Crippen LogP contribution >= 0.6 is 0 Å². The third-order valence-corrected chi connectivity index (χ3v) is 2.90. The van der Waals surface area contributed by atoms with E-state index >= 15 is 0 Å². The molecule has 0 radical (unpaired) electrons. The Labute approximate surface area is 113 Å². The van der Waals surface area contributed by atoms with Gasteiger partial charge < -0.3 is 14.4 Å². The van der Waals surface area contributed by atoms with Gasteiger partial charge in [-0.15, -0.1) is 0 Å². The number of Topliss-reactive ketones (excluding diaryl/α,β-unsaturated/α-hetero) is 1. The molecule has 0 aromatic heterocycles. The number of methoxy groups -OCH3 is 2. The quantitative estimate of drug-likeness (QED) is 0.758. The Bertz CT molecular complexity index is 496. The van der Waals surface area contributed by atoms with E-state index < -0.39 is 11.7 Å². The smallest absolute Gasteiger partial charge is 0.289 e. The average molecular weight is 265 g/mol.